The molecule has 0 N–H and O–H groups in total. The minimum atomic E-state index is 0.925. The second-order valence-corrected chi connectivity index (χ2v) is 10.1. The van der Waals surface area contributed by atoms with E-state index in [-0.39, 0.29) is 0 Å². The van der Waals surface area contributed by atoms with Crippen molar-refractivity contribution < 1.29 is 0 Å². The van der Waals surface area contributed by atoms with Gasteiger partial charge in [-0.2, -0.15) is 0 Å². The average molecular weight is 510 g/mol. The van der Waals surface area contributed by atoms with Crippen molar-refractivity contribution in [2.24, 2.45) is 0 Å². The molecule has 0 aliphatic carbocycles. The van der Waals surface area contributed by atoms with E-state index in [4.69, 9.17) is 9.97 Å². The fraction of sp³-hybridized carbons (Fsp3) is 0. The predicted molar refractivity (Wildman–Crippen MR) is 166 cm³/mol. The molecule has 3 nitrogen and oxygen atoms in total. The first kappa shape index (κ1) is 22.6. The van der Waals surface area contributed by atoms with Gasteiger partial charge in [-0.1, -0.05) is 84.9 Å². The fourth-order valence-corrected chi connectivity index (χ4v) is 5.70. The van der Waals surface area contributed by atoms with Crippen LogP contribution < -0.4 is 0 Å². The topological polar surface area (TPSA) is 38.7 Å². The Morgan fingerprint density at radius 1 is 0.425 bits per heavy atom. The van der Waals surface area contributed by atoms with E-state index in [0.29, 0.717) is 0 Å². The first-order valence-electron chi connectivity index (χ1n) is 13.4. The normalized spacial score (nSPS) is 11.5. The summed E-state index contributed by atoms with van der Waals surface area (Å²) in [5.74, 6) is 0. The van der Waals surface area contributed by atoms with Crippen LogP contribution in [0.25, 0.3) is 77.0 Å². The lowest BCUT2D eigenvalue weighted by Gasteiger charge is -2.11. The Bertz CT molecular complexity index is 2220. The highest BCUT2D eigenvalue weighted by Gasteiger charge is 2.11. The van der Waals surface area contributed by atoms with Crippen LogP contribution in [-0.2, 0) is 0 Å². The molecule has 0 aliphatic heterocycles. The summed E-state index contributed by atoms with van der Waals surface area (Å²) in [5.41, 5.74) is 8.32. The van der Waals surface area contributed by atoms with E-state index in [1.165, 1.54) is 21.5 Å². The number of nitrogens with zero attached hydrogens (tertiary/aromatic N) is 3. The summed E-state index contributed by atoms with van der Waals surface area (Å²) in [5, 5.41) is 7.20. The molecule has 3 heterocycles. The van der Waals surface area contributed by atoms with Gasteiger partial charge in [-0.3, -0.25) is 4.98 Å². The monoisotopic (exact) mass is 509 g/mol. The Morgan fingerprint density at radius 3 is 2.12 bits per heavy atom. The standard InChI is InChI=1S/C37H23N3/c1-2-8-31-24(5-1)10-12-26-6-3-9-32(37(26)31)35-19-16-29-21-27(15-18-33(29)39-35)28-13-11-25-14-17-34(40-36(25)22-28)30-7-4-20-38-23-30/h1-23H. The highest BCUT2D eigenvalue weighted by Crippen LogP contribution is 2.35. The summed E-state index contributed by atoms with van der Waals surface area (Å²) >= 11 is 0. The van der Waals surface area contributed by atoms with Crippen LogP contribution in [0.3, 0.4) is 0 Å². The van der Waals surface area contributed by atoms with E-state index in [0.717, 1.165) is 55.4 Å². The number of fused-ring (bicyclic) bond motifs is 5. The van der Waals surface area contributed by atoms with Crippen molar-refractivity contribution in [3.8, 4) is 33.6 Å². The first-order valence-corrected chi connectivity index (χ1v) is 13.4. The van der Waals surface area contributed by atoms with Crippen molar-refractivity contribution in [2.45, 2.75) is 0 Å². The molecule has 0 fully saturated rings. The van der Waals surface area contributed by atoms with Gasteiger partial charge in [0.1, 0.15) is 0 Å². The van der Waals surface area contributed by atoms with Crippen molar-refractivity contribution >= 4 is 43.4 Å². The van der Waals surface area contributed by atoms with Crippen LogP contribution in [-0.4, -0.2) is 15.0 Å². The lowest BCUT2D eigenvalue weighted by atomic mass is 9.95. The Kier molecular flexibility index (Phi) is 5.14. The third-order valence-electron chi connectivity index (χ3n) is 7.72. The van der Waals surface area contributed by atoms with Gasteiger partial charge in [0.25, 0.3) is 0 Å². The summed E-state index contributed by atoms with van der Waals surface area (Å²) in [7, 11) is 0. The first-order chi connectivity index (χ1) is 19.8. The number of hydrogen-bond acceptors (Lipinski definition) is 3. The molecule has 3 aromatic heterocycles. The van der Waals surface area contributed by atoms with E-state index in [9.17, 15) is 0 Å². The third kappa shape index (κ3) is 3.79. The fourth-order valence-electron chi connectivity index (χ4n) is 5.70. The van der Waals surface area contributed by atoms with Gasteiger partial charge in [0.2, 0.25) is 0 Å². The van der Waals surface area contributed by atoms with Gasteiger partial charge in [-0.05, 0) is 75.1 Å². The molecule has 0 radical (unpaired) electrons. The molecule has 0 unspecified atom stereocenters. The van der Waals surface area contributed by atoms with Gasteiger partial charge in [-0.25, -0.2) is 9.97 Å². The number of aromatic nitrogens is 3. The third-order valence-corrected chi connectivity index (χ3v) is 7.72. The maximum absolute atomic E-state index is 5.11. The molecule has 0 atom stereocenters. The van der Waals surface area contributed by atoms with E-state index in [2.05, 4.69) is 120 Å². The lowest BCUT2D eigenvalue weighted by Crippen LogP contribution is -1.89. The van der Waals surface area contributed by atoms with Gasteiger partial charge in [-0.15, -0.1) is 0 Å². The second kappa shape index (κ2) is 9.11. The smallest absolute Gasteiger partial charge is 0.0725 e. The summed E-state index contributed by atoms with van der Waals surface area (Å²) < 4.78 is 0. The van der Waals surface area contributed by atoms with Gasteiger partial charge < -0.3 is 0 Å². The zero-order valence-electron chi connectivity index (χ0n) is 21.6. The van der Waals surface area contributed by atoms with E-state index < -0.39 is 0 Å². The summed E-state index contributed by atoms with van der Waals surface area (Å²) in [4.78, 5) is 14.3. The van der Waals surface area contributed by atoms with Crippen LogP contribution in [0, 0.1) is 0 Å². The van der Waals surface area contributed by atoms with E-state index in [1.54, 1.807) is 6.20 Å². The SMILES string of the molecule is c1cncc(-c2ccc3ccc(-c4ccc5nc(-c6cccc7ccc8ccccc8c67)ccc5c4)cc3n2)c1. The maximum atomic E-state index is 5.11. The van der Waals surface area contributed by atoms with Crippen LogP contribution in [0.1, 0.15) is 0 Å². The molecule has 40 heavy (non-hydrogen) atoms. The van der Waals surface area contributed by atoms with Crippen LogP contribution in [0.4, 0.5) is 0 Å². The molecule has 8 aromatic rings. The number of benzene rings is 5. The van der Waals surface area contributed by atoms with Crippen molar-refractivity contribution in [2.75, 3.05) is 0 Å². The highest BCUT2D eigenvalue weighted by molar-refractivity contribution is 6.14. The molecule has 0 saturated heterocycles. The molecule has 0 spiro atoms. The molecule has 3 heteroatoms. The Hall–Kier alpha value is -5.41. The molecular formula is C37H23N3. The zero-order valence-corrected chi connectivity index (χ0v) is 21.6. The van der Waals surface area contributed by atoms with Gasteiger partial charge in [0.15, 0.2) is 0 Å². The molecule has 8 rings (SSSR count). The van der Waals surface area contributed by atoms with Crippen LogP contribution in [0.15, 0.2) is 140 Å². The molecular weight excluding hydrogens is 486 g/mol. The number of hydrogen-bond donors (Lipinski definition) is 0. The number of rotatable bonds is 3. The molecule has 0 saturated carbocycles. The quantitative estimate of drug-likeness (QED) is 0.223. The largest absolute Gasteiger partial charge is 0.264 e. The lowest BCUT2D eigenvalue weighted by molar-refractivity contribution is 1.30. The van der Waals surface area contributed by atoms with Crippen LogP contribution >= 0.6 is 0 Å². The summed E-state index contributed by atoms with van der Waals surface area (Å²) in [6.07, 6.45) is 3.63. The van der Waals surface area contributed by atoms with Gasteiger partial charge in [0.05, 0.1) is 22.4 Å². The Morgan fingerprint density at radius 2 is 1.18 bits per heavy atom. The maximum Gasteiger partial charge on any atom is 0.0725 e. The van der Waals surface area contributed by atoms with Crippen molar-refractivity contribution in [1.82, 2.24) is 15.0 Å². The van der Waals surface area contributed by atoms with Gasteiger partial charge in [0, 0.05) is 34.3 Å². The molecule has 0 aliphatic rings. The Labute approximate surface area is 231 Å². The molecule has 186 valence electrons. The highest BCUT2D eigenvalue weighted by atomic mass is 14.7. The van der Waals surface area contributed by atoms with Crippen LogP contribution in [0.2, 0.25) is 0 Å². The summed E-state index contributed by atoms with van der Waals surface area (Å²) in [6, 6.07) is 44.9. The predicted octanol–water partition coefficient (Wildman–Crippen LogP) is 9.49. The minimum Gasteiger partial charge on any atom is -0.264 e. The summed E-state index contributed by atoms with van der Waals surface area (Å²) in [6.45, 7) is 0. The minimum absolute atomic E-state index is 0.925. The zero-order chi connectivity index (χ0) is 26.5. The van der Waals surface area contributed by atoms with E-state index >= 15 is 0 Å². The molecule has 5 aromatic carbocycles. The second-order valence-electron chi connectivity index (χ2n) is 10.1. The van der Waals surface area contributed by atoms with Crippen molar-refractivity contribution in [3.63, 3.8) is 0 Å². The van der Waals surface area contributed by atoms with Crippen molar-refractivity contribution in [3.05, 3.63) is 140 Å². The molecule has 0 amide bonds. The number of pyridine rings is 3. The Balaban J connectivity index is 1.21. The van der Waals surface area contributed by atoms with E-state index in [1.807, 2.05) is 18.3 Å². The average Bonchev–Trinajstić information content (AvgIpc) is 3.03. The van der Waals surface area contributed by atoms with Gasteiger partial charge >= 0.3 is 0 Å². The van der Waals surface area contributed by atoms with Crippen molar-refractivity contribution in [1.29, 1.82) is 0 Å². The molecule has 0 bridgehead atoms. The van der Waals surface area contributed by atoms with Crippen LogP contribution in [0.5, 0.6) is 0 Å².